The molecule has 0 rings (SSSR count). The summed E-state index contributed by atoms with van der Waals surface area (Å²) in [4.78, 5) is 12.1. The highest BCUT2D eigenvalue weighted by Gasteiger charge is 1.99. The third-order valence-corrected chi connectivity index (χ3v) is 1.51. The molecule has 2 nitrogen and oxygen atoms in total. The van der Waals surface area contributed by atoms with Crippen LogP contribution in [0.1, 0.15) is 20.3 Å². The average molecular weight is 155 g/mol. The maximum Gasteiger partial charge on any atom is 0.209 e. The summed E-state index contributed by atoms with van der Waals surface area (Å²) in [5.74, 6) is 0.655. The molecule has 0 spiro atoms. The van der Waals surface area contributed by atoms with E-state index in [0.717, 1.165) is 19.4 Å². The first-order valence-electron chi connectivity index (χ1n) is 4.01. The van der Waals surface area contributed by atoms with Gasteiger partial charge in [0.2, 0.25) is 6.41 Å². The molecular weight excluding hydrogens is 138 g/mol. The van der Waals surface area contributed by atoms with Crippen molar-refractivity contribution in [2.75, 3.05) is 13.1 Å². The second-order valence-corrected chi connectivity index (χ2v) is 3.07. The molecule has 0 saturated heterocycles. The number of carbonyl (C=O) groups excluding carboxylic acids is 1. The number of hydrogen-bond donors (Lipinski definition) is 0. The van der Waals surface area contributed by atoms with Crippen LogP contribution in [0.25, 0.3) is 0 Å². The summed E-state index contributed by atoms with van der Waals surface area (Å²) < 4.78 is 0. The van der Waals surface area contributed by atoms with Crippen molar-refractivity contribution in [3.8, 4) is 0 Å². The minimum atomic E-state index is 0.655. The van der Waals surface area contributed by atoms with Crippen molar-refractivity contribution in [1.82, 2.24) is 4.90 Å². The Labute approximate surface area is 68.9 Å². The van der Waals surface area contributed by atoms with Gasteiger partial charge in [-0.3, -0.25) is 4.79 Å². The van der Waals surface area contributed by atoms with Crippen molar-refractivity contribution in [1.29, 1.82) is 0 Å². The van der Waals surface area contributed by atoms with Crippen molar-refractivity contribution in [3.05, 3.63) is 12.7 Å². The number of carbonyl (C=O) groups is 1. The van der Waals surface area contributed by atoms with Gasteiger partial charge < -0.3 is 4.90 Å². The molecule has 0 aliphatic carbocycles. The molecular formula is C9H17NO. The van der Waals surface area contributed by atoms with Gasteiger partial charge in [-0.1, -0.05) is 19.9 Å². The van der Waals surface area contributed by atoms with Gasteiger partial charge in [0.25, 0.3) is 0 Å². The van der Waals surface area contributed by atoms with Crippen molar-refractivity contribution in [3.63, 3.8) is 0 Å². The van der Waals surface area contributed by atoms with Gasteiger partial charge in [-0.05, 0) is 12.3 Å². The zero-order valence-electron chi connectivity index (χ0n) is 7.42. The Morgan fingerprint density at radius 2 is 2.18 bits per heavy atom. The number of nitrogens with zero attached hydrogens (tertiary/aromatic N) is 1. The Balaban J connectivity index is 3.51. The fourth-order valence-corrected chi connectivity index (χ4v) is 0.777. The van der Waals surface area contributed by atoms with Gasteiger partial charge in [0, 0.05) is 13.1 Å². The van der Waals surface area contributed by atoms with E-state index in [4.69, 9.17) is 0 Å². The SMILES string of the molecule is C=CCN(C=O)CCC(C)C. The van der Waals surface area contributed by atoms with Crippen LogP contribution in [0.15, 0.2) is 12.7 Å². The fourth-order valence-electron chi connectivity index (χ4n) is 0.777. The highest BCUT2D eigenvalue weighted by atomic mass is 16.1. The van der Waals surface area contributed by atoms with Crippen LogP contribution in [-0.4, -0.2) is 24.4 Å². The summed E-state index contributed by atoms with van der Waals surface area (Å²) in [7, 11) is 0. The van der Waals surface area contributed by atoms with E-state index in [0.29, 0.717) is 12.5 Å². The summed E-state index contributed by atoms with van der Waals surface area (Å²) >= 11 is 0. The zero-order chi connectivity index (χ0) is 8.69. The summed E-state index contributed by atoms with van der Waals surface area (Å²) in [6.45, 7) is 9.38. The van der Waals surface area contributed by atoms with Gasteiger partial charge in [-0.25, -0.2) is 0 Å². The van der Waals surface area contributed by atoms with E-state index in [2.05, 4.69) is 20.4 Å². The Morgan fingerprint density at radius 3 is 2.55 bits per heavy atom. The highest BCUT2D eigenvalue weighted by Crippen LogP contribution is 2.00. The predicted octanol–water partition coefficient (Wildman–Crippen LogP) is 1.68. The van der Waals surface area contributed by atoms with Crippen LogP contribution < -0.4 is 0 Å². The first kappa shape index (κ1) is 10.2. The second kappa shape index (κ2) is 5.96. The van der Waals surface area contributed by atoms with Gasteiger partial charge in [0.15, 0.2) is 0 Å². The van der Waals surface area contributed by atoms with E-state index in [1.807, 2.05) is 0 Å². The molecule has 0 N–H and O–H groups in total. The van der Waals surface area contributed by atoms with E-state index < -0.39 is 0 Å². The minimum absolute atomic E-state index is 0.655. The molecule has 2 heteroatoms. The molecule has 0 saturated carbocycles. The minimum Gasteiger partial charge on any atom is -0.342 e. The van der Waals surface area contributed by atoms with E-state index in [1.165, 1.54) is 0 Å². The van der Waals surface area contributed by atoms with E-state index in [1.54, 1.807) is 11.0 Å². The van der Waals surface area contributed by atoms with Gasteiger partial charge in [0.1, 0.15) is 0 Å². The first-order chi connectivity index (χ1) is 5.20. The molecule has 0 fully saturated rings. The van der Waals surface area contributed by atoms with Gasteiger partial charge in [0.05, 0.1) is 0 Å². The number of hydrogen-bond acceptors (Lipinski definition) is 1. The second-order valence-electron chi connectivity index (χ2n) is 3.07. The summed E-state index contributed by atoms with van der Waals surface area (Å²) in [5.41, 5.74) is 0. The lowest BCUT2D eigenvalue weighted by atomic mass is 10.1. The Hall–Kier alpha value is -0.790. The maximum absolute atomic E-state index is 10.4. The third kappa shape index (κ3) is 5.64. The van der Waals surface area contributed by atoms with Crippen LogP contribution in [-0.2, 0) is 4.79 Å². The number of amides is 1. The summed E-state index contributed by atoms with van der Waals surface area (Å²) in [5, 5.41) is 0. The van der Waals surface area contributed by atoms with Gasteiger partial charge >= 0.3 is 0 Å². The largest absolute Gasteiger partial charge is 0.342 e. The summed E-state index contributed by atoms with van der Waals surface area (Å²) in [6, 6.07) is 0. The maximum atomic E-state index is 10.4. The van der Waals surface area contributed by atoms with Crippen LogP contribution >= 0.6 is 0 Å². The summed E-state index contributed by atoms with van der Waals surface area (Å²) in [6.07, 6.45) is 3.69. The Kier molecular flexibility index (Phi) is 5.53. The molecule has 0 bridgehead atoms. The van der Waals surface area contributed by atoms with E-state index >= 15 is 0 Å². The monoisotopic (exact) mass is 155 g/mol. The molecule has 0 aromatic rings. The van der Waals surface area contributed by atoms with Crippen LogP contribution in [0.5, 0.6) is 0 Å². The molecule has 1 amide bonds. The average Bonchev–Trinajstić information content (AvgIpc) is 1.97. The van der Waals surface area contributed by atoms with Crippen molar-refractivity contribution >= 4 is 6.41 Å². The molecule has 0 atom stereocenters. The quantitative estimate of drug-likeness (QED) is 0.422. The smallest absolute Gasteiger partial charge is 0.209 e. The predicted molar refractivity (Wildman–Crippen MR) is 47.3 cm³/mol. The van der Waals surface area contributed by atoms with Crippen molar-refractivity contribution in [2.24, 2.45) is 5.92 Å². The van der Waals surface area contributed by atoms with Crippen molar-refractivity contribution in [2.45, 2.75) is 20.3 Å². The normalized spacial score (nSPS) is 9.73. The highest BCUT2D eigenvalue weighted by molar-refractivity contribution is 5.47. The lowest BCUT2D eigenvalue weighted by Gasteiger charge is -2.15. The molecule has 0 heterocycles. The van der Waals surface area contributed by atoms with E-state index in [9.17, 15) is 4.79 Å². The molecule has 0 aliphatic heterocycles. The van der Waals surface area contributed by atoms with E-state index in [-0.39, 0.29) is 0 Å². The first-order valence-corrected chi connectivity index (χ1v) is 4.01. The van der Waals surface area contributed by atoms with Gasteiger partial charge in [-0.15, -0.1) is 6.58 Å². The zero-order valence-corrected chi connectivity index (χ0v) is 7.42. The van der Waals surface area contributed by atoms with Crippen molar-refractivity contribution < 1.29 is 4.79 Å². The van der Waals surface area contributed by atoms with Crippen LogP contribution in [0.3, 0.4) is 0 Å². The standard InChI is InChI=1S/C9H17NO/c1-4-6-10(8-11)7-5-9(2)3/h4,8-9H,1,5-7H2,2-3H3. The third-order valence-electron chi connectivity index (χ3n) is 1.51. The molecule has 0 aliphatic rings. The molecule has 11 heavy (non-hydrogen) atoms. The Bertz CT molecular complexity index is 121. The molecule has 0 radical (unpaired) electrons. The lowest BCUT2D eigenvalue weighted by molar-refractivity contribution is -0.117. The topological polar surface area (TPSA) is 20.3 Å². The molecule has 0 aromatic heterocycles. The Morgan fingerprint density at radius 1 is 1.55 bits per heavy atom. The number of rotatable bonds is 6. The fraction of sp³-hybridized carbons (Fsp3) is 0.667. The van der Waals surface area contributed by atoms with Gasteiger partial charge in [-0.2, -0.15) is 0 Å². The van der Waals surface area contributed by atoms with Crippen LogP contribution in [0.2, 0.25) is 0 Å². The van der Waals surface area contributed by atoms with Crippen LogP contribution in [0, 0.1) is 5.92 Å². The molecule has 0 aromatic carbocycles. The van der Waals surface area contributed by atoms with Crippen LogP contribution in [0.4, 0.5) is 0 Å². The molecule has 64 valence electrons. The molecule has 0 unspecified atom stereocenters. The lowest BCUT2D eigenvalue weighted by Crippen LogP contribution is -2.23.